The molecule has 4 heteroatoms. The van der Waals surface area contributed by atoms with E-state index in [-0.39, 0.29) is 5.78 Å². The van der Waals surface area contributed by atoms with Crippen LogP contribution in [0.2, 0.25) is 0 Å². The van der Waals surface area contributed by atoms with Crippen molar-refractivity contribution in [2.24, 2.45) is 0 Å². The van der Waals surface area contributed by atoms with Gasteiger partial charge in [-0.2, -0.15) is 0 Å². The molecule has 2 heterocycles. The number of ketones is 1. The normalized spacial score (nSPS) is 18.6. The zero-order valence-corrected chi connectivity index (χ0v) is 13.2. The quantitative estimate of drug-likeness (QED) is 0.756. The van der Waals surface area contributed by atoms with Gasteiger partial charge in [0.25, 0.3) is 0 Å². The molecule has 22 heavy (non-hydrogen) atoms. The molecule has 0 bridgehead atoms. The van der Waals surface area contributed by atoms with Crippen LogP contribution in [-0.2, 0) is 0 Å². The Hall–Kier alpha value is -1.55. The van der Waals surface area contributed by atoms with E-state index in [0.29, 0.717) is 30.9 Å². The molecular formula is C18H25NO3. The zero-order valence-electron chi connectivity index (χ0n) is 13.2. The van der Waals surface area contributed by atoms with Crippen molar-refractivity contribution in [2.45, 2.75) is 38.5 Å². The summed E-state index contributed by atoms with van der Waals surface area (Å²) in [5.74, 6) is 1.61. The van der Waals surface area contributed by atoms with Crippen LogP contribution in [0.25, 0.3) is 0 Å². The average molecular weight is 303 g/mol. The molecule has 0 atom stereocenters. The van der Waals surface area contributed by atoms with Crippen LogP contribution in [0, 0.1) is 0 Å². The minimum Gasteiger partial charge on any atom is -0.494 e. The first-order valence-corrected chi connectivity index (χ1v) is 8.48. The number of piperidine rings is 1. The van der Waals surface area contributed by atoms with E-state index in [1.807, 2.05) is 18.2 Å². The maximum atomic E-state index is 11.8. The van der Waals surface area contributed by atoms with Crippen LogP contribution in [0.3, 0.4) is 0 Å². The van der Waals surface area contributed by atoms with Crippen molar-refractivity contribution in [1.82, 2.24) is 4.90 Å². The van der Waals surface area contributed by atoms with Crippen LogP contribution < -0.4 is 9.47 Å². The summed E-state index contributed by atoms with van der Waals surface area (Å²) in [4.78, 5) is 14.4. The maximum Gasteiger partial charge on any atom is 0.170 e. The molecule has 0 N–H and O–H groups in total. The van der Waals surface area contributed by atoms with Crippen molar-refractivity contribution < 1.29 is 14.3 Å². The fourth-order valence-electron chi connectivity index (χ4n) is 3.14. The van der Waals surface area contributed by atoms with E-state index in [4.69, 9.17) is 9.47 Å². The highest BCUT2D eigenvalue weighted by Gasteiger charge is 2.18. The number of rotatable bonds is 6. The summed E-state index contributed by atoms with van der Waals surface area (Å²) < 4.78 is 11.3. The highest BCUT2D eigenvalue weighted by Crippen LogP contribution is 2.28. The lowest BCUT2D eigenvalue weighted by Gasteiger charge is -2.26. The molecule has 4 nitrogen and oxygen atoms in total. The van der Waals surface area contributed by atoms with Crippen molar-refractivity contribution in [3.8, 4) is 11.5 Å². The summed E-state index contributed by atoms with van der Waals surface area (Å²) in [6, 6.07) is 5.55. The van der Waals surface area contributed by atoms with Crippen LogP contribution in [0.5, 0.6) is 11.5 Å². The number of benzene rings is 1. The zero-order chi connectivity index (χ0) is 15.2. The van der Waals surface area contributed by atoms with Crippen LogP contribution in [0.4, 0.5) is 0 Å². The smallest absolute Gasteiger partial charge is 0.170 e. The van der Waals surface area contributed by atoms with Gasteiger partial charge in [-0.25, -0.2) is 0 Å². The molecule has 0 aliphatic carbocycles. The molecule has 0 saturated carbocycles. The van der Waals surface area contributed by atoms with Gasteiger partial charge in [0.2, 0.25) is 0 Å². The van der Waals surface area contributed by atoms with Gasteiger partial charge in [0, 0.05) is 6.42 Å². The third-order valence-corrected chi connectivity index (χ3v) is 4.42. The van der Waals surface area contributed by atoms with E-state index in [2.05, 4.69) is 4.90 Å². The topological polar surface area (TPSA) is 38.8 Å². The Labute approximate surface area is 132 Å². The first-order chi connectivity index (χ1) is 10.8. The average Bonchev–Trinajstić information content (AvgIpc) is 2.56. The highest BCUT2D eigenvalue weighted by molar-refractivity contribution is 5.99. The standard InChI is InChI=1S/C18H25NO3/c20-17-8-13-22-18-7-6-15(14-16(17)18)21-12-5-4-11-19-9-2-1-3-10-19/h6-7,14H,1-5,8-13H2. The molecule has 1 aromatic carbocycles. The third-order valence-electron chi connectivity index (χ3n) is 4.42. The van der Waals surface area contributed by atoms with Gasteiger partial charge in [-0.3, -0.25) is 4.79 Å². The van der Waals surface area contributed by atoms with Crippen molar-refractivity contribution in [1.29, 1.82) is 0 Å². The first-order valence-electron chi connectivity index (χ1n) is 8.48. The number of carbonyl (C=O) groups is 1. The van der Waals surface area contributed by atoms with E-state index in [1.165, 1.54) is 45.3 Å². The number of hydrogen-bond acceptors (Lipinski definition) is 4. The van der Waals surface area contributed by atoms with Gasteiger partial charge in [0.15, 0.2) is 5.78 Å². The predicted octanol–water partition coefficient (Wildman–Crippen LogP) is 3.30. The lowest BCUT2D eigenvalue weighted by molar-refractivity contribution is 0.0932. The van der Waals surface area contributed by atoms with E-state index in [1.54, 1.807) is 0 Å². The Bertz CT molecular complexity index is 509. The molecule has 1 fully saturated rings. The van der Waals surface area contributed by atoms with Crippen molar-refractivity contribution in [2.75, 3.05) is 32.8 Å². The fraction of sp³-hybridized carbons (Fsp3) is 0.611. The van der Waals surface area contributed by atoms with Crippen molar-refractivity contribution in [3.05, 3.63) is 23.8 Å². The van der Waals surface area contributed by atoms with Gasteiger partial charge in [-0.1, -0.05) is 6.42 Å². The Kier molecular flexibility index (Phi) is 5.33. The number of carbonyl (C=O) groups excluding carboxylic acids is 1. The molecule has 1 saturated heterocycles. The van der Waals surface area contributed by atoms with E-state index in [9.17, 15) is 4.79 Å². The highest BCUT2D eigenvalue weighted by atomic mass is 16.5. The molecule has 1 aromatic rings. The van der Waals surface area contributed by atoms with E-state index < -0.39 is 0 Å². The fourth-order valence-corrected chi connectivity index (χ4v) is 3.14. The molecule has 0 spiro atoms. The van der Waals surface area contributed by atoms with Gasteiger partial charge in [0.05, 0.1) is 18.8 Å². The molecule has 0 unspecified atom stereocenters. The summed E-state index contributed by atoms with van der Waals surface area (Å²) in [7, 11) is 0. The molecule has 0 radical (unpaired) electrons. The molecule has 0 aromatic heterocycles. The minimum atomic E-state index is 0.150. The van der Waals surface area contributed by atoms with Gasteiger partial charge in [-0.05, 0) is 63.5 Å². The van der Waals surface area contributed by atoms with Gasteiger partial charge in [-0.15, -0.1) is 0 Å². The Morgan fingerprint density at radius 2 is 2.00 bits per heavy atom. The summed E-state index contributed by atoms with van der Waals surface area (Å²) in [6.07, 6.45) is 6.78. The first kappa shape index (κ1) is 15.3. The third kappa shape index (κ3) is 4.01. The largest absolute Gasteiger partial charge is 0.494 e. The number of likely N-dealkylation sites (tertiary alicyclic amines) is 1. The summed E-state index contributed by atoms with van der Waals surface area (Å²) >= 11 is 0. The molecule has 2 aliphatic rings. The molecule has 0 amide bonds. The van der Waals surface area contributed by atoms with Gasteiger partial charge >= 0.3 is 0 Å². The second-order valence-corrected chi connectivity index (χ2v) is 6.14. The summed E-state index contributed by atoms with van der Waals surface area (Å²) in [5, 5.41) is 0. The number of unbranched alkanes of at least 4 members (excludes halogenated alkanes) is 1. The number of hydrogen-bond donors (Lipinski definition) is 0. The summed E-state index contributed by atoms with van der Waals surface area (Å²) in [6.45, 7) is 4.89. The number of ether oxygens (including phenoxy) is 2. The Morgan fingerprint density at radius 1 is 1.14 bits per heavy atom. The van der Waals surface area contributed by atoms with Gasteiger partial charge in [0.1, 0.15) is 11.5 Å². The Morgan fingerprint density at radius 3 is 2.86 bits per heavy atom. The second-order valence-electron chi connectivity index (χ2n) is 6.14. The van der Waals surface area contributed by atoms with E-state index in [0.717, 1.165) is 12.2 Å². The monoisotopic (exact) mass is 303 g/mol. The SMILES string of the molecule is O=C1CCOc2ccc(OCCCCN3CCCCC3)cc21. The number of nitrogens with zero attached hydrogens (tertiary/aromatic N) is 1. The lowest BCUT2D eigenvalue weighted by atomic mass is 10.0. The van der Waals surface area contributed by atoms with Crippen LogP contribution in [-0.4, -0.2) is 43.5 Å². The number of Topliss-reactive ketones (excluding diaryl/α,β-unsaturated/α-hetero) is 1. The molecular weight excluding hydrogens is 278 g/mol. The van der Waals surface area contributed by atoms with E-state index >= 15 is 0 Å². The summed E-state index contributed by atoms with van der Waals surface area (Å²) in [5.41, 5.74) is 0.664. The Balaban J connectivity index is 1.40. The molecule has 3 rings (SSSR count). The van der Waals surface area contributed by atoms with Crippen LogP contribution >= 0.6 is 0 Å². The van der Waals surface area contributed by atoms with Crippen LogP contribution in [0.1, 0.15) is 48.9 Å². The van der Waals surface area contributed by atoms with Gasteiger partial charge < -0.3 is 14.4 Å². The number of fused-ring (bicyclic) bond motifs is 1. The van der Waals surface area contributed by atoms with Crippen molar-refractivity contribution in [3.63, 3.8) is 0 Å². The molecule has 120 valence electrons. The second kappa shape index (κ2) is 7.63. The molecule has 2 aliphatic heterocycles. The minimum absolute atomic E-state index is 0.150. The predicted molar refractivity (Wildman–Crippen MR) is 85.9 cm³/mol. The maximum absolute atomic E-state index is 11.8. The van der Waals surface area contributed by atoms with Crippen molar-refractivity contribution >= 4 is 5.78 Å². The lowest BCUT2D eigenvalue weighted by Crippen LogP contribution is -2.30. The van der Waals surface area contributed by atoms with Crippen LogP contribution in [0.15, 0.2) is 18.2 Å².